The van der Waals surface area contributed by atoms with Crippen molar-refractivity contribution in [2.45, 2.75) is 26.2 Å². The Morgan fingerprint density at radius 2 is 1.90 bits per heavy atom. The number of rotatable bonds is 4. The molecule has 1 aromatic carbocycles. The predicted octanol–water partition coefficient (Wildman–Crippen LogP) is 1.84. The number of Topliss-reactive ketones (excluding diaryl/α,β-unsaturated/α-hetero) is 1. The number of amides is 2. The molecule has 2 rings (SSSR count). The number of carbonyl (C=O) groups is 3. The third-order valence-electron chi connectivity index (χ3n) is 3.33. The summed E-state index contributed by atoms with van der Waals surface area (Å²) in [5, 5.41) is 2.73. The van der Waals surface area contributed by atoms with Gasteiger partial charge in [-0.25, -0.2) is 0 Å². The van der Waals surface area contributed by atoms with Crippen molar-refractivity contribution in [3.8, 4) is 0 Å². The molecule has 1 aliphatic heterocycles. The van der Waals surface area contributed by atoms with Gasteiger partial charge in [-0.1, -0.05) is 0 Å². The smallest absolute Gasteiger partial charge is 0.243 e. The van der Waals surface area contributed by atoms with Crippen LogP contribution in [0.15, 0.2) is 24.3 Å². The normalized spacial score (nSPS) is 15.1. The van der Waals surface area contributed by atoms with E-state index in [2.05, 4.69) is 5.32 Å². The SMILES string of the molecule is CC(=O)c1ccc(NC(=O)CN2CCCCC2=O)cc1. The molecule has 20 heavy (non-hydrogen) atoms. The number of carbonyl (C=O) groups excluding carboxylic acids is 3. The number of nitrogens with zero attached hydrogens (tertiary/aromatic N) is 1. The Morgan fingerprint density at radius 1 is 1.20 bits per heavy atom. The quantitative estimate of drug-likeness (QED) is 0.852. The zero-order valence-corrected chi connectivity index (χ0v) is 11.5. The fourth-order valence-corrected chi connectivity index (χ4v) is 2.19. The van der Waals surface area contributed by atoms with Crippen molar-refractivity contribution in [1.29, 1.82) is 0 Å². The number of hydrogen-bond acceptors (Lipinski definition) is 3. The highest BCUT2D eigenvalue weighted by Gasteiger charge is 2.20. The van der Waals surface area contributed by atoms with Gasteiger partial charge in [0.2, 0.25) is 11.8 Å². The van der Waals surface area contributed by atoms with Crippen LogP contribution in [0.1, 0.15) is 36.5 Å². The van der Waals surface area contributed by atoms with Crippen molar-refractivity contribution < 1.29 is 14.4 Å². The lowest BCUT2D eigenvalue weighted by atomic mass is 10.1. The van der Waals surface area contributed by atoms with Crippen molar-refractivity contribution in [3.63, 3.8) is 0 Å². The molecule has 5 heteroatoms. The Bertz CT molecular complexity index is 522. The molecule has 0 radical (unpaired) electrons. The topological polar surface area (TPSA) is 66.5 Å². The summed E-state index contributed by atoms with van der Waals surface area (Å²) in [6.45, 7) is 2.23. The van der Waals surface area contributed by atoms with Gasteiger partial charge in [0.25, 0.3) is 0 Å². The second-order valence-corrected chi connectivity index (χ2v) is 4.95. The number of nitrogens with one attached hydrogen (secondary N) is 1. The maximum absolute atomic E-state index is 11.9. The van der Waals surface area contributed by atoms with Crippen molar-refractivity contribution in [2.24, 2.45) is 0 Å². The molecule has 0 unspecified atom stereocenters. The minimum Gasteiger partial charge on any atom is -0.333 e. The van der Waals surface area contributed by atoms with Crippen LogP contribution in [0.4, 0.5) is 5.69 Å². The van der Waals surface area contributed by atoms with Crippen molar-refractivity contribution in [3.05, 3.63) is 29.8 Å². The van der Waals surface area contributed by atoms with E-state index in [9.17, 15) is 14.4 Å². The second kappa shape index (κ2) is 6.32. The Hall–Kier alpha value is -2.17. The van der Waals surface area contributed by atoms with Crippen LogP contribution in [0.3, 0.4) is 0 Å². The summed E-state index contributed by atoms with van der Waals surface area (Å²) in [5.41, 5.74) is 1.23. The van der Waals surface area contributed by atoms with E-state index in [0.717, 1.165) is 12.8 Å². The van der Waals surface area contributed by atoms with E-state index in [0.29, 0.717) is 24.2 Å². The molecule has 0 atom stereocenters. The van der Waals surface area contributed by atoms with Gasteiger partial charge in [0.05, 0.1) is 6.54 Å². The maximum atomic E-state index is 11.9. The van der Waals surface area contributed by atoms with Crippen LogP contribution in [0, 0.1) is 0 Å². The molecule has 5 nitrogen and oxygen atoms in total. The van der Waals surface area contributed by atoms with E-state index in [4.69, 9.17) is 0 Å². The standard InChI is InChI=1S/C15H18N2O3/c1-11(18)12-5-7-13(8-6-12)16-14(19)10-17-9-3-2-4-15(17)20/h5-8H,2-4,9-10H2,1H3,(H,16,19). The van der Waals surface area contributed by atoms with Gasteiger partial charge in [-0.05, 0) is 44.0 Å². The lowest BCUT2D eigenvalue weighted by Gasteiger charge is -2.25. The summed E-state index contributed by atoms with van der Waals surface area (Å²) in [7, 11) is 0. The van der Waals surface area contributed by atoms with Gasteiger partial charge >= 0.3 is 0 Å². The predicted molar refractivity (Wildman–Crippen MR) is 75.5 cm³/mol. The molecule has 1 N–H and O–H groups in total. The van der Waals surface area contributed by atoms with Gasteiger partial charge in [0.15, 0.2) is 5.78 Å². The zero-order valence-electron chi connectivity index (χ0n) is 11.5. The summed E-state index contributed by atoms with van der Waals surface area (Å²) in [4.78, 5) is 36.2. The third-order valence-corrected chi connectivity index (χ3v) is 3.33. The molecular weight excluding hydrogens is 256 g/mol. The van der Waals surface area contributed by atoms with Gasteiger partial charge in [-0.2, -0.15) is 0 Å². The first-order chi connectivity index (χ1) is 9.56. The lowest BCUT2D eigenvalue weighted by Crippen LogP contribution is -2.40. The van der Waals surface area contributed by atoms with Crippen LogP contribution in [0.5, 0.6) is 0 Å². The molecule has 0 saturated carbocycles. The van der Waals surface area contributed by atoms with Crippen LogP contribution in [-0.4, -0.2) is 35.6 Å². The van der Waals surface area contributed by atoms with Gasteiger partial charge < -0.3 is 10.2 Å². The highest BCUT2D eigenvalue weighted by Crippen LogP contribution is 2.12. The van der Waals surface area contributed by atoms with Crippen molar-refractivity contribution in [1.82, 2.24) is 4.90 Å². The molecule has 1 heterocycles. The number of ketones is 1. The summed E-state index contributed by atoms with van der Waals surface area (Å²) < 4.78 is 0. The average Bonchev–Trinajstić information content (AvgIpc) is 2.42. The largest absolute Gasteiger partial charge is 0.333 e. The lowest BCUT2D eigenvalue weighted by molar-refractivity contribution is -0.136. The Labute approximate surface area is 118 Å². The molecule has 1 saturated heterocycles. The van der Waals surface area contributed by atoms with Crippen LogP contribution in [0.25, 0.3) is 0 Å². The first-order valence-corrected chi connectivity index (χ1v) is 6.75. The molecule has 0 spiro atoms. The molecule has 1 aromatic rings. The minimum absolute atomic E-state index is 0.0122. The number of likely N-dealkylation sites (tertiary alicyclic amines) is 1. The van der Waals surface area contributed by atoms with Crippen molar-refractivity contribution >= 4 is 23.3 Å². The van der Waals surface area contributed by atoms with E-state index < -0.39 is 0 Å². The Kier molecular flexibility index (Phi) is 4.50. The van der Waals surface area contributed by atoms with E-state index in [1.807, 2.05) is 0 Å². The Morgan fingerprint density at radius 3 is 2.50 bits per heavy atom. The minimum atomic E-state index is -0.212. The third kappa shape index (κ3) is 3.66. The van der Waals surface area contributed by atoms with Gasteiger partial charge in [-0.3, -0.25) is 14.4 Å². The molecular formula is C15H18N2O3. The molecule has 2 amide bonds. The average molecular weight is 274 g/mol. The van der Waals surface area contributed by atoms with Crippen molar-refractivity contribution in [2.75, 3.05) is 18.4 Å². The maximum Gasteiger partial charge on any atom is 0.243 e. The summed E-state index contributed by atoms with van der Waals surface area (Å²) in [5.74, 6) is -0.184. The monoisotopic (exact) mass is 274 g/mol. The molecule has 0 aliphatic carbocycles. The number of benzene rings is 1. The number of piperidine rings is 1. The zero-order chi connectivity index (χ0) is 14.5. The van der Waals surface area contributed by atoms with E-state index in [1.165, 1.54) is 6.92 Å². The molecule has 0 bridgehead atoms. The fourth-order valence-electron chi connectivity index (χ4n) is 2.19. The van der Waals surface area contributed by atoms with E-state index in [1.54, 1.807) is 29.2 Å². The number of anilines is 1. The summed E-state index contributed by atoms with van der Waals surface area (Å²) >= 11 is 0. The molecule has 1 aliphatic rings. The molecule has 0 aromatic heterocycles. The van der Waals surface area contributed by atoms with E-state index in [-0.39, 0.29) is 24.1 Å². The van der Waals surface area contributed by atoms with Crippen LogP contribution >= 0.6 is 0 Å². The van der Waals surface area contributed by atoms with Crippen LogP contribution < -0.4 is 5.32 Å². The number of hydrogen-bond donors (Lipinski definition) is 1. The fraction of sp³-hybridized carbons (Fsp3) is 0.400. The molecule has 106 valence electrons. The van der Waals surface area contributed by atoms with E-state index >= 15 is 0 Å². The Balaban J connectivity index is 1.90. The van der Waals surface area contributed by atoms with Crippen LogP contribution in [-0.2, 0) is 9.59 Å². The second-order valence-electron chi connectivity index (χ2n) is 4.95. The summed E-state index contributed by atoms with van der Waals surface area (Å²) in [6, 6.07) is 6.72. The van der Waals surface area contributed by atoms with Gasteiger partial charge in [-0.15, -0.1) is 0 Å². The first-order valence-electron chi connectivity index (χ1n) is 6.75. The molecule has 1 fully saturated rings. The van der Waals surface area contributed by atoms with Crippen LogP contribution in [0.2, 0.25) is 0 Å². The summed E-state index contributed by atoms with van der Waals surface area (Å²) in [6.07, 6.45) is 2.39. The highest BCUT2D eigenvalue weighted by atomic mass is 16.2. The first kappa shape index (κ1) is 14.2. The highest BCUT2D eigenvalue weighted by molar-refractivity contribution is 5.96. The van der Waals surface area contributed by atoms with Gasteiger partial charge in [0.1, 0.15) is 0 Å². The van der Waals surface area contributed by atoms with Gasteiger partial charge in [0, 0.05) is 24.2 Å².